The summed E-state index contributed by atoms with van der Waals surface area (Å²) in [5, 5.41) is 5.98. The van der Waals surface area contributed by atoms with Crippen LogP contribution in [0.3, 0.4) is 0 Å². The molecule has 0 saturated heterocycles. The third-order valence-corrected chi connectivity index (χ3v) is 7.55. The highest BCUT2D eigenvalue weighted by molar-refractivity contribution is 6.15. The van der Waals surface area contributed by atoms with Gasteiger partial charge < -0.3 is 15.2 Å². The van der Waals surface area contributed by atoms with Crippen LogP contribution in [0.5, 0.6) is 0 Å². The minimum absolute atomic E-state index is 0.0684. The standard InChI is InChI=1S/C32H25N3O/c1-33-27-17-16-22(30-24-12-5-6-13-25(24)32(36)34-31(27)30)20-15-18-29-26(19-20)23-11-7-8-14-28(23)35(29)21-9-3-2-4-10-21/h2-19,23,28,33H,1H3,(H,34,36). The Hall–Kier alpha value is -4.57. The van der Waals surface area contributed by atoms with E-state index in [1.165, 1.54) is 16.9 Å². The number of aromatic amines is 1. The Kier molecular flexibility index (Phi) is 4.61. The van der Waals surface area contributed by atoms with Crippen molar-refractivity contribution in [3.8, 4) is 11.1 Å². The number of allylic oxidation sites excluding steroid dienone is 2. The number of nitrogens with one attached hydrogen (secondary N) is 2. The predicted octanol–water partition coefficient (Wildman–Crippen LogP) is 7.12. The van der Waals surface area contributed by atoms with E-state index in [9.17, 15) is 4.79 Å². The van der Waals surface area contributed by atoms with Crippen molar-refractivity contribution in [3.63, 3.8) is 0 Å². The molecule has 2 N–H and O–H groups in total. The highest BCUT2D eigenvalue weighted by Gasteiger charge is 2.37. The van der Waals surface area contributed by atoms with Gasteiger partial charge in [-0.05, 0) is 58.5 Å². The first-order valence-electron chi connectivity index (χ1n) is 12.3. The first-order valence-corrected chi connectivity index (χ1v) is 12.3. The summed E-state index contributed by atoms with van der Waals surface area (Å²) in [4.78, 5) is 18.5. The maximum atomic E-state index is 12.9. The number of anilines is 3. The van der Waals surface area contributed by atoms with Crippen LogP contribution in [-0.4, -0.2) is 18.1 Å². The Balaban J connectivity index is 1.48. The minimum atomic E-state index is -0.0684. The van der Waals surface area contributed by atoms with Gasteiger partial charge in [-0.1, -0.05) is 72.8 Å². The highest BCUT2D eigenvalue weighted by Crippen LogP contribution is 2.49. The quantitative estimate of drug-likeness (QED) is 0.278. The summed E-state index contributed by atoms with van der Waals surface area (Å²) >= 11 is 0. The third kappa shape index (κ3) is 2.97. The lowest BCUT2D eigenvalue weighted by Gasteiger charge is -2.28. The van der Waals surface area contributed by atoms with Gasteiger partial charge in [-0.2, -0.15) is 0 Å². The van der Waals surface area contributed by atoms with E-state index in [0.717, 1.165) is 33.1 Å². The number of hydrogen-bond acceptors (Lipinski definition) is 3. The van der Waals surface area contributed by atoms with E-state index in [4.69, 9.17) is 0 Å². The Morgan fingerprint density at radius 2 is 1.61 bits per heavy atom. The number of aromatic nitrogens is 1. The van der Waals surface area contributed by atoms with Crippen molar-refractivity contribution in [1.29, 1.82) is 0 Å². The summed E-state index contributed by atoms with van der Waals surface area (Å²) in [6.45, 7) is 0. The highest BCUT2D eigenvalue weighted by atomic mass is 16.1. The van der Waals surface area contributed by atoms with Crippen molar-refractivity contribution < 1.29 is 0 Å². The lowest BCUT2D eigenvalue weighted by Crippen LogP contribution is -2.28. The van der Waals surface area contributed by atoms with Crippen LogP contribution in [0.4, 0.5) is 17.1 Å². The molecule has 0 spiro atoms. The van der Waals surface area contributed by atoms with Gasteiger partial charge in [0.15, 0.2) is 0 Å². The summed E-state index contributed by atoms with van der Waals surface area (Å²) in [7, 11) is 1.89. The molecule has 2 aliphatic rings. The molecule has 2 unspecified atom stereocenters. The Morgan fingerprint density at radius 3 is 2.44 bits per heavy atom. The van der Waals surface area contributed by atoms with Crippen LogP contribution in [-0.2, 0) is 0 Å². The fraction of sp³-hybridized carbons (Fsp3) is 0.0938. The zero-order valence-corrected chi connectivity index (χ0v) is 19.9. The molecule has 0 bridgehead atoms. The van der Waals surface area contributed by atoms with Crippen LogP contribution < -0.4 is 15.8 Å². The molecule has 4 heteroatoms. The monoisotopic (exact) mass is 467 g/mol. The summed E-state index contributed by atoms with van der Waals surface area (Å²) < 4.78 is 0. The maximum Gasteiger partial charge on any atom is 0.256 e. The third-order valence-electron chi connectivity index (χ3n) is 7.55. The molecular weight excluding hydrogens is 442 g/mol. The minimum Gasteiger partial charge on any atom is -0.386 e. The molecule has 4 aromatic carbocycles. The average molecular weight is 468 g/mol. The fourth-order valence-corrected chi connectivity index (χ4v) is 5.94. The molecule has 1 aliphatic heterocycles. The average Bonchev–Trinajstić information content (AvgIpc) is 3.27. The predicted molar refractivity (Wildman–Crippen MR) is 150 cm³/mol. The van der Waals surface area contributed by atoms with Gasteiger partial charge in [0.25, 0.3) is 5.56 Å². The van der Waals surface area contributed by atoms with E-state index in [-0.39, 0.29) is 17.5 Å². The topological polar surface area (TPSA) is 48.1 Å². The van der Waals surface area contributed by atoms with Gasteiger partial charge >= 0.3 is 0 Å². The van der Waals surface area contributed by atoms with E-state index in [2.05, 4.69) is 100 Å². The lowest BCUT2D eigenvalue weighted by molar-refractivity contribution is 0.745. The summed E-state index contributed by atoms with van der Waals surface area (Å²) in [6, 6.07) is 29.8. The van der Waals surface area contributed by atoms with Crippen LogP contribution in [0.15, 0.2) is 114 Å². The summed E-state index contributed by atoms with van der Waals surface area (Å²) in [6.07, 6.45) is 8.91. The van der Waals surface area contributed by atoms with E-state index in [1.54, 1.807) is 0 Å². The van der Waals surface area contributed by atoms with Crippen LogP contribution in [0.2, 0.25) is 0 Å². The van der Waals surface area contributed by atoms with Crippen LogP contribution in [0.1, 0.15) is 11.5 Å². The molecule has 2 heterocycles. The van der Waals surface area contributed by atoms with Crippen molar-refractivity contribution >= 4 is 38.7 Å². The Labute approximate surface area is 209 Å². The van der Waals surface area contributed by atoms with E-state index in [0.29, 0.717) is 5.39 Å². The van der Waals surface area contributed by atoms with Crippen molar-refractivity contribution in [2.75, 3.05) is 17.3 Å². The normalized spacial score (nSPS) is 18.0. The zero-order valence-electron chi connectivity index (χ0n) is 19.9. The molecule has 1 aromatic heterocycles. The number of pyridine rings is 1. The number of hydrogen-bond donors (Lipinski definition) is 2. The number of H-pyrrole nitrogens is 1. The molecule has 174 valence electrons. The van der Waals surface area contributed by atoms with Crippen LogP contribution in [0, 0.1) is 0 Å². The van der Waals surface area contributed by atoms with Gasteiger partial charge in [0.05, 0.1) is 17.2 Å². The molecule has 1 aliphatic carbocycles. The molecule has 4 nitrogen and oxygen atoms in total. The molecule has 5 aromatic rings. The SMILES string of the molecule is CNc1ccc(-c2ccc3c(c2)C2C=CC=CC2N3c2ccccc2)c2c1[nH]c(=O)c1ccccc12. The second kappa shape index (κ2) is 7.99. The molecule has 2 atom stereocenters. The van der Waals surface area contributed by atoms with Crippen molar-refractivity contribution in [2.45, 2.75) is 12.0 Å². The van der Waals surface area contributed by atoms with Crippen LogP contribution >= 0.6 is 0 Å². The fourth-order valence-electron chi connectivity index (χ4n) is 5.94. The van der Waals surface area contributed by atoms with Crippen molar-refractivity contribution in [2.24, 2.45) is 0 Å². The molecule has 0 radical (unpaired) electrons. The Bertz CT molecular complexity index is 1760. The second-order valence-electron chi connectivity index (χ2n) is 9.43. The molecule has 36 heavy (non-hydrogen) atoms. The first kappa shape index (κ1) is 20.8. The summed E-state index contributed by atoms with van der Waals surface area (Å²) in [5.41, 5.74) is 7.70. The van der Waals surface area contributed by atoms with E-state index >= 15 is 0 Å². The number of para-hydroxylation sites is 1. The van der Waals surface area contributed by atoms with Gasteiger partial charge in [-0.3, -0.25) is 4.79 Å². The second-order valence-corrected chi connectivity index (χ2v) is 9.43. The maximum absolute atomic E-state index is 12.9. The Morgan fingerprint density at radius 1 is 0.833 bits per heavy atom. The number of rotatable bonds is 3. The van der Waals surface area contributed by atoms with Crippen LogP contribution in [0.25, 0.3) is 32.8 Å². The molecule has 0 amide bonds. The van der Waals surface area contributed by atoms with Crippen molar-refractivity contribution in [3.05, 3.63) is 125 Å². The van der Waals surface area contributed by atoms with Gasteiger partial charge in [0.1, 0.15) is 0 Å². The molecule has 0 fully saturated rings. The molecular formula is C32H25N3O. The number of fused-ring (bicyclic) bond motifs is 6. The molecule has 0 saturated carbocycles. The van der Waals surface area contributed by atoms with E-state index in [1.807, 2.05) is 31.3 Å². The van der Waals surface area contributed by atoms with Gasteiger partial charge in [-0.25, -0.2) is 0 Å². The van der Waals surface area contributed by atoms with Crippen molar-refractivity contribution in [1.82, 2.24) is 4.98 Å². The molecule has 7 rings (SSSR count). The number of nitrogens with zero attached hydrogens (tertiary/aromatic N) is 1. The van der Waals surface area contributed by atoms with Gasteiger partial charge in [-0.15, -0.1) is 0 Å². The lowest BCUT2D eigenvalue weighted by atomic mass is 9.88. The first-order chi connectivity index (χ1) is 17.7. The number of benzene rings is 4. The van der Waals surface area contributed by atoms with E-state index < -0.39 is 0 Å². The van der Waals surface area contributed by atoms with Gasteiger partial charge in [0.2, 0.25) is 0 Å². The smallest absolute Gasteiger partial charge is 0.256 e. The summed E-state index contributed by atoms with van der Waals surface area (Å²) in [5.74, 6) is 0.282. The largest absolute Gasteiger partial charge is 0.386 e. The van der Waals surface area contributed by atoms with Gasteiger partial charge in [0, 0.05) is 35.1 Å². The zero-order chi connectivity index (χ0) is 24.2.